The van der Waals surface area contributed by atoms with Gasteiger partial charge in [0.15, 0.2) is 0 Å². The Morgan fingerprint density at radius 3 is 2.29 bits per heavy atom. The lowest BCUT2D eigenvalue weighted by atomic mass is 10.1. The second-order valence-electron chi connectivity index (χ2n) is 4.21. The molecular weight excluding hydrogens is 172 g/mol. The molecule has 0 rings (SSSR count). The molecule has 0 bridgehead atoms. The van der Waals surface area contributed by atoms with Crippen LogP contribution in [0.1, 0.15) is 59.3 Å². The van der Waals surface area contributed by atoms with Crippen LogP contribution in [0.25, 0.3) is 0 Å². The van der Waals surface area contributed by atoms with Crippen LogP contribution in [0.4, 0.5) is 0 Å². The molecule has 0 aliphatic carbocycles. The molecule has 82 valence electrons. The van der Waals surface area contributed by atoms with E-state index >= 15 is 0 Å². The maximum atomic E-state index is 8.87. The summed E-state index contributed by atoms with van der Waals surface area (Å²) < 4.78 is 0. The molecule has 0 saturated heterocycles. The van der Waals surface area contributed by atoms with Crippen LogP contribution < -0.4 is 5.32 Å². The van der Waals surface area contributed by atoms with E-state index in [1.807, 2.05) is 0 Å². The lowest BCUT2D eigenvalue weighted by Crippen LogP contribution is -2.33. The molecule has 0 radical (unpaired) electrons. The Hall–Kier alpha value is -0.550. The predicted octanol–water partition coefficient (Wildman–Crippen LogP) is 3.24. The fourth-order valence-electron chi connectivity index (χ4n) is 1.54. The van der Waals surface area contributed by atoms with Crippen LogP contribution in [0.5, 0.6) is 0 Å². The summed E-state index contributed by atoms with van der Waals surface area (Å²) in [6.45, 7) is 6.39. The molecule has 0 aromatic carbocycles. The summed E-state index contributed by atoms with van der Waals surface area (Å²) in [7, 11) is 0. The summed E-state index contributed by atoms with van der Waals surface area (Å²) in [5.74, 6) is 0. The van der Waals surface area contributed by atoms with Gasteiger partial charge in [0, 0.05) is 6.04 Å². The molecule has 1 atom stereocenters. The third-order valence-corrected chi connectivity index (χ3v) is 2.29. The molecule has 2 nitrogen and oxygen atoms in total. The third kappa shape index (κ3) is 8.07. The number of nitriles is 1. The Balaban J connectivity index is 3.40. The Bertz CT molecular complexity index is 158. The minimum absolute atomic E-state index is 0.0524. The predicted molar refractivity (Wildman–Crippen MR) is 61.0 cm³/mol. The standard InChI is InChI=1S/C12H24N2/c1-4-5-6-7-8-9-12(10-13)14-11(2)3/h11-12,14H,4-9H2,1-3H3. The molecule has 0 aliphatic rings. The SMILES string of the molecule is CCCCCCCC(C#N)NC(C)C. The highest BCUT2D eigenvalue weighted by molar-refractivity contribution is 4.90. The summed E-state index contributed by atoms with van der Waals surface area (Å²) in [6, 6.07) is 2.78. The van der Waals surface area contributed by atoms with Crippen molar-refractivity contribution >= 4 is 0 Å². The minimum Gasteiger partial charge on any atom is -0.300 e. The zero-order chi connectivity index (χ0) is 10.8. The number of hydrogen-bond donors (Lipinski definition) is 1. The Morgan fingerprint density at radius 1 is 1.14 bits per heavy atom. The van der Waals surface area contributed by atoms with E-state index in [9.17, 15) is 0 Å². The second kappa shape index (κ2) is 9.02. The van der Waals surface area contributed by atoms with Crippen LogP contribution in [-0.4, -0.2) is 12.1 Å². The highest BCUT2D eigenvalue weighted by Gasteiger charge is 2.07. The Labute approximate surface area is 88.7 Å². The molecule has 0 heterocycles. The summed E-state index contributed by atoms with van der Waals surface area (Å²) in [5, 5.41) is 12.1. The van der Waals surface area contributed by atoms with E-state index in [2.05, 4.69) is 32.2 Å². The zero-order valence-electron chi connectivity index (χ0n) is 9.84. The molecule has 2 heteroatoms. The van der Waals surface area contributed by atoms with Gasteiger partial charge >= 0.3 is 0 Å². The van der Waals surface area contributed by atoms with Crippen LogP contribution in [0.2, 0.25) is 0 Å². The van der Waals surface area contributed by atoms with Gasteiger partial charge in [-0.05, 0) is 20.3 Å². The second-order valence-corrected chi connectivity index (χ2v) is 4.21. The lowest BCUT2D eigenvalue weighted by Gasteiger charge is -2.13. The van der Waals surface area contributed by atoms with Crippen molar-refractivity contribution in [1.29, 1.82) is 5.26 Å². The number of unbranched alkanes of at least 4 members (excludes halogenated alkanes) is 4. The first-order chi connectivity index (χ1) is 6.70. The number of hydrogen-bond acceptors (Lipinski definition) is 2. The summed E-state index contributed by atoms with van der Waals surface area (Å²) >= 11 is 0. The van der Waals surface area contributed by atoms with Gasteiger partial charge in [-0.15, -0.1) is 0 Å². The Morgan fingerprint density at radius 2 is 1.79 bits per heavy atom. The summed E-state index contributed by atoms with van der Waals surface area (Å²) in [6.07, 6.45) is 7.37. The molecule has 1 unspecified atom stereocenters. The van der Waals surface area contributed by atoms with E-state index in [1.165, 1.54) is 32.1 Å². The maximum absolute atomic E-state index is 8.87. The van der Waals surface area contributed by atoms with Crippen molar-refractivity contribution in [3.8, 4) is 6.07 Å². The fourth-order valence-corrected chi connectivity index (χ4v) is 1.54. The first-order valence-electron chi connectivity index (χ1n) is 5.86. The highest BCUT2D eigenvalue weighted by Crippen LogP contribution is 2.07. The van der Waals surface area contributed by atoms with Crippen molar-refractivity contribution in [1.82, 2.24) is 5.32 Å². The minimum atomic E-state index is 0.0524. The molecular formula is C12H24N2. The molecule has 0 saturated carbocycles. The van der Waals surface area contributed by atoms with Gasteiger partial charge < -0.3 is 0 Å². The Kier molecular flexibility index (Phi) is 8.67. The first kappa shape index (κ1) is 13.4. The third-order valence-electron chi connectivity index (χ3n) is 2.29. The van der Waals surface area contributed by atoms with E-state index in [1.54, 1.807) is 0 Å². The highest BCUT2D eigenvalue weighted by atomic mass is 14.9. The van der Waals surface area contributed by atoms with Crippen LogP contribution in [0, 0.1) is 11.3 Å². The van der Waals surface area contributed by atoms with Crippen molar-refractivity contribution in [2.45, 2.75) is 71.4 Å². The van der Waals surface area contributed by atoms with Gasteiger partial charge in [0.25, 0.3) is 0 Å². The van der Waals surface area contributed by atoms with E-state index in [0.29, 0.717) is 6.04 Å². The largest absolute Gasteiger partial charge is 0.300 e. The van der Waals surface area contributed by atoms with Gasteiger partial charge in [-0.2, -0.15) is 5.26 Å². The van der Waals surface area contributed by atoms with Crippen molar-refractivity contribution in [2.24, 2.45) is 0 Å². The maximum Gasteiger partial charge on any atom is 0.0954 e. The first-order valence-corrected chi connectivity index (χ1v) is 5.86. The molecule has 0 aromatic heterocycles. The normalized spacial score (nSPS) is 12.8. The summed E-state index contributed by atoms with van der Waals surface area (Å²) in [5.41, 5.74) is 0. The van der Waals surface area contributed by atoms with Crippen molar-refractivity contribution in [2.75, 3.05) is 0 Å². The van der Waals surface area contributed by atoms with Gasteiger partial charge in [0.2, 0.25) is 0 Å². The van der Waals surface area contributed by atoms with Crippen LogP contribution in [0.15, 0.2) is 0 Å². The van der Waals surface area contributed by atoms with Crippen LogP contribution in [-0.2, 0) is 0 Å². The molecule has 0 aliphatic heterocycles. The van der Waals surface area contributed by atoms with E-state index in [-0.39, 0.29) is 6.04 Å². The van der Waals surface area contributed by atoms with Gasteiger partial charge in [-0.25, -0.2) is 0 Å². The average Bonchev–Trinajstić information content (AvgIpc) is 2.15. The van der Waals surface area contributed by atoms with Crippen molar-refractivity contribution < 1.29 is 0 Å². The van der Waals surface area contributed by atoms with Gasteiger partial charge in [-0.1, -0.05) is 39.0 Å². The van der Waals surface area contributed by atoms with E-state index in [0.717, 1.165) is 6.42 Å². The van der Waals surface area contributed by atoms with Gasteiger partial charge in [-0.3, -0.25) is 5.32 Å². The molecule has 14 heavy (non-hydrogen) atoms. The van der Waals surface area contributed by atoms with Gasteiger partial charge in [0.05, 0.1) is 12.1 Å². The molecule has 0 spiro atoms. The topological polar surface area (TPSA) is 35.8 Å². The fraction of sp³-hybridized carbons (Fsp3) is 0.917. The quantitative estimate of drug-likeness (QED) is 0.605. The van der Waals surface area contributed by atoms with Crippen LogP contribution >= 0.6 is 0 Å². The van der Waals surface area contributed by atoms with Crippen LogP contribution in [0.3, 0.4) is 0 Å². The zero-order valence-corrected chi connectivity index (χ0v) is 9.84. The van der Waals surface area contributed by atoms with Crippen molar-refractivity contribution in [3.05, 3.63) is 0 Å². The molecule has 0 aromatic rings. The molecule has 1 N–H and O–H groups in total. The lowest BCUT2D eigenvalue weighted by molar-refractivity contribution is 0.480. The van der Waals surface area contributed by atoms with E-state index in [4.69, 9.17) is 5.26 Å². The molecule has 0 amide bonds. The number of rotatable bonds is 8. The average molecular weight is 196 g/mol. The summed E-state index contributed by atoms with van der Waals surface area (Å²) in [4.78, 5) is 0. The van der Waals surface area contributed by atoms with Gasteiger partial charge in [0.1, 0.15) is 0 Å². The monoisotopic (exact) mass is 196 g/mol. The number of nitrogens with one attached hydrogen (secondary N) is 1. The molecule has 0 fully saturated rings. The smallest absolute Gasteiger partial charge is 0.0954 e. The van der Waals surface area contributed by atoms with E-state index < -0.39 is 0 Å². The number of nitrogens with zero attached hydrogens (tertiary/aromatic N) is 1. The van der Waals surface area contributed by atoms with Crippen molar-refractivity contribution in [3.63, 3.8) is 0 Å².